The Morgan fingerprint density at radius 3 is 2.58 bits per heavy atom. The van der Waals surface area contributed by atoms with E-state index in [0.717, 1.165) is 32.2 Å². The Morgan fingerprint density at radius 1 is 1.21 bits per heavy atom. The van der Waals surface area contributed by atoms with Crippen LogP contribution in [0.3, 0.4) is 0 Å². The molecule has 0 spiro atoms. The molecule has 2 fully saturated rings. The van der Waals surface area contributed by atoms with Gasteiger partial charge in [0.25, 0.3) is 0 Å². The maximum absolute atomic E-state index is 12.3. The fraction of sp³-hybridized carbons (Fsp3) is 0.933. The summed E-state index contributed by atoms with van der Waals surface area (Å²) in [5.41, 5.74) is 5.67. The Bertz CT molecular complexity index is 325. The Balaban J connectivity index is 1.98. The van der Waals surface area contributed by atoms with Gasteiger partial charge in [0, 0.05) is 18.6 Å². The molecular weight excluding hydrogens is 240 g/mol. The van der Waals surface area contributed by atoms with Crippen LogP contribution in [0.15, 0.2) is 0 Å². The van der Waals surface area contributed by atoms with Crippen molar-refractivity contribution in [1.29, 1.82) is 0 Å². The van der Waals surface area contributed by atoms with Gasteiger partial charge in [-0.1, -0.05) is 6.42 Å². The van der Waals surface area contributed by atoms with Gasteiger partial charge >= 0.3 is 6.09 Å². The highest BCUT2D eigenvalue weighted by atomic mass is 16.6. The predicted octanol–water partition coefficient (Wildman–Crippen LogP) is 2.90. The molecule has 1 aliphatic carbocycles. The van der Waals surface area contributed by atoms with Gasteiger partial charge in [0.1, 0.15) is 5.60 Å². The average molecular weight is 268 g/mol. The first-order valence-electron chi connectivity index (χ1n) is 7.62. The maximum atomic E-state index is 12.3. The van der Waals surface area contributed by atoms with Gasteiger partial charge in [-0.25, -0.2) is 4.79 Å². The molecule has 3 atom stereocenters. The van der Waals surface area contributed by atoms with E-state index in [-0.39, 0.29) is 6.09 Å². The molecule has 2 N–H and O–H groups in total. The van der Waals surface area contributed by atoms with Crippen LogP contribution in [0.25, 0.3) is 0 Å². The number of nitrogens with two attached hydrogens (primary N) is 1. The SMILES string of the molecule is CC(C)(C)OC(=O)N1CCC[C@H]1[C@H]1CCC[C@H](N)C1. The highest BCUT2D eigenvalue weighted by molar-refractivity contribution is 5.69. The third kappa shape index (κ3) is 3.85. The van der Waals surface area contributed by atoms with Crippen molar-refractivity contribution >= 4 is 6.09 Å². The zero-order chi connectivity index (χ0) is 14.0. The molecule has 1 saturated heterocycles. The summed E-state index contributed by atoms with van der Waals surface area (Å²) < 4.78 is 5.53. The van der Waals surface area contributed by atoms with Crippen LogP contribution in [0.4, 0.5) is 4.79 Å². The fourth-order valence-corrected chi connectivity index (χ4v) is 3.45. The van der Waals surface area contributed by atoms with E-state index in [9.17, 15) is 4.79 Å². The highest BCUT2D eigenvalue weighted by Crippen LogP contribution is 2.34. The number of hydrogen-bond acceptors (Lipinski definition) is 3. The molecule has 1 amide bonds. The molecular formula is C15H28N2O2. The van der Waals surface area contributed by atoms with Gasteiger partial charge in [-0.15, -0.1) is 0 Å². The molecule has 19 heavy (non-hydrogen) atoms. The molecule has 0 bridgehead atoms. The zero-order valence-corrected chi connectivity index (χ0v) is 12.5. The van der Waals surface area contributed by atoms with Gasteiger partial charge in [-0.3, -0.25) is 0 Å². The molecule has 0 aromatic heterocycles. The lowest BCUT2D eigenvalue weighted by molar-refractivity contribution is 0.0152. The third-order valence-corrected chi connectivity index (χ3v) is 4.23. The van der Waals surface area contributed by atoms with Crippen LogP contribution < -0.4 is 5.73 Å². The van der Waals surface area contributed by atoms with Gasteiger partial charge < -0.3 is 15.4 Å². The lowest BCUT2D eigenvalue weighted by Gasteiger charge is -2.36. The van der Waals surface area contributed by atoms with E-state index in [4.69, 9.17) is 10.5 Å². The summed E-state index contributed by atoms with van der Waals surface area (Å²) in [6, 6.07) is 0.668. The molecule has 0 aromatic carbocycles. The second-order valence-corrected chi connectivity index (χ2v) is 7.07. The normalized spacial score (nSPS) is 32.4. The number of ether oxygens (including phenoxy) is 1. The van der Waals surface area contributed by atoms with Crippen molar-refractivity contribution in [1.82, 2.24) is 4.90 Å². The summed E-state index contributed by atoms with van der Waals surface area (Å²) in [5.74, 6) is 0.568. The minimum atomic E-state index is -0.410. The smallest absolute Gasteiger partial charge is 0.410 e. The van der Waals surface area contributed by atoms with Crippen molar-refractivity contribution < 1.29 is 9.53 Å². The molecule has 4 nitrogen and oxygen atoms in total. The number of likely N-dealkylation sites (tertiary alicyclic amines) is 1. The summed E-state index contributed by atoms with van der Waals surface area (Å²) >= 11 is 0. The van der Waals surface area contributed by atoms with Crippen LogP contribution in [-0.4, -0.2) is 35.2 Å². The first-order valence-corrected chi connectivity index (χ1v) is 7.62. The Kier molecular flexibility index (Phi) is 4.39. The molecule has 0 unspecified atom stereocenters. The van der Waals surface area contributed by atoms with E-state index >= 15 is 0 Å². The number of rotatable bonds is 1. The summed E-state index contributed by atoms with van der Waals surface area (Å²) in [4.78, 5) is 14.2. The molecule has 4 heteroatoms. The van der Waals surface area contributed by atoms with Crippen molar-refractivity contribution in [3.63, 3.8) is 0 Å². The van der Waals surface area contributed by atoms with E-state index in [0.29, 0.717) is 18.0 Å². The maximum Gasteiger partial charge on any atom is 0.410 e. The van der Waals surface area contributed by atoms with E-state index in [1.807, 2.05) is 25.7 Å². The Labute approximate surface area is 116 Å². The van der Waals surface area contributed by atoms with Crippen molar-refractivity contribution in [2.45, 2.75) is 77.0 Å². The summed E-state index contributed by atoms with van der Waals surface area (Å²) in [6.45, 7) is 6.61. The third-order valence-electron chi connectivity index (χ3n) is 4.23. The van der Waals surface area contributed by atoms with E-state index in [1.165, 1.54) is 12.8 Å². The van der Waals surface area contributed by atoms with Crippen LogP contribution in [0, 0.1) is 5.92 Å². The topological polar surface area (TPSA) is 55.6 Å². The molecule has 1 aliphatic heterocycles. The lowest BCUT2D eigenvalue weighted by atomic mass is 9.80. The number of amides is 1. The minimum Gasteiger partial charge on any atom is -0.444 e. The minimum absolute atomic E-state index is 0.144. The van der Waals surface area contributed by atoms with Gasteiger partial charge in [0.05, 0.1) is 0 Å². The van der Waals surface area contributed by atoms with Gasteiger partial charge in [0.15, 0.2) is 0 Å². The van der Waals surface area contributed by atoms with E-state index in [1.54, 1.807) is 0 Å². The fourth-order valence-electron chi connectivity index (χ4n) is 3.45. The predicted molar refractivity (Wildman–Crippen MR) is 75.9 cm³/mol. The number of carbonyl (C=O) groups is 1. The van der Waals surface area contributed by atoms with Gasteiger partial charge in [-0.2, -0.15) is 0 Å². The summed E-state index contributed by atoms with van der Waals surface area (Å²) in [7, 11) is 0. The monoisotopic (exact) mass is 268 g/mol. The summed E-state index contributed by atoms with van der Waals surface area (Å²) in [5, 5.41) is 0. The average Bonchev–Trinajstić information content (AvgIpc) is 2.75. The van der Waals surface area contributed by atoms with Crippen LogP contribution >= 0.6 is 0 Å². The van der Waals surface area contributed by atoms with Crippen molar-refractivity contribution in [2.24, 2.45) is 11.7 Å². The van der Waals surface area contributed by atoms with E-state index < -0.39 is 5.60 Å². The molecule has 1 heterocycles. The van der Waals surface area contributed by atoms with E-state index in [2.05, 4.69) is 0 Å². The van der Waals surface area contributed by atoms with Crippen LogP contribution in [-0.2, 0) is 4.74 Å². The zero-order valence-electron chi connectivity index (χ0n) is 12.5. The van der Waals surface area contributed by atoms with Gasteiger partial charge in [0.2, 0.25) is 0 Å². The Morgan fingerprint density at radius 2 is 1.95 bits per heavy atom. The summed E-state index contributed by atoms with van der Waals surface area (Å²) in [6.07, 6.45) is 6.66. The van der Waals surface area contributed by atoms with Crippen molar-refractivity contribution in [3.8, 4) is 0 Å². The molecule has 0 radical (unpaired) electrons. The highest BCUT2D eigenvalue weighted by Gasteiger charge is 2.38. The molecule has 0 aromatic rings. The second-order valence-electron chi connectivity index (χ2n) is 7.07. The molecule has 1 saturated carbocycles. The molecule has 110 valence electrons. The van der Waals surface area contributed by atoms with Crippen LogP contribution in [0.5, 0.6) is 0 Å². The lowest BCUT2D eigenvalue weighted by Crippen LogP contribution is -2.45. The molecule has 2 aliphatic rings. The standard InChI is InChI=1S/C15H28N2O2/c1-15(2,3)19-14(18)17-9-5-8-13(17)11-6-4-7-12(16)10-11/h11-13H,4-10,16H2,1-3H3/t11-,12-,13-/m0/s1. The second kappa shape index (κ2) is 5.70. The molecule has 2 rings (SSSR count). The van der Waals surface area contributed by atoms with Gasteiger partial charge in [-0.05, 0) is 58.8 Å². The quantitative estimate of drug-likeness (QED) is 0.795. The van der Waals surface area contributed by atoms with Crippen molar-refractivity contribution in [2.75, 3.05) is 6.54 Å². The van der Waals surface area contributed by atoms with Crippen LogP contribution in [0.2, 0.25) is 0 Å². The number of carbonyl (C=O) groups excluding carboxylic acids is 1. The van der Waals surface area contributed by atoms with Crippen molar-refractivity contribution in [3.05, 3.63) is 0 Å². The Hall–Kier alpha value is -0.770. The first-order chi connectivity index (χ1) is 8.87. The number of nitrogens with zero attached hydrogens (tertiary/aromatic N) is 1. The largest absolute Gasteiger partial charge is 0.444 e. The first kappa shape index (κ1) is 14.6. The van der Waals surface area contributed by atoms with Crippen LogP contribution in [0.1, 0.15) is 59.3 Å². The number of hydrogen-bond donors (Lipinski definition) is 1.